The normalized spacial score (nSPS) is 10.0. The SMILES string of the molecule is CCCC(=O)Nc1cc(Sc2ccccc2)ccc1NC(=S)NC(=O)OC. The van der Waals surface area contributed by atoms with E-state index in [1.807, 2.05) is 49.4 Å². The summed E-state index contributed by atoms with van der Waals surface area (Å²) in [4.78, 5) is 25.4. The number of carbonyl (C=O) groups is 2. The summed E-state index contributed by atoms with van der Waals surface area (Å²) < 4.78 is 4.52. The fourth-order valence-corrected chi connectivity index (χ4v) is 3.23. The lowest BCUT2D eigenvalue weighted by molar-refractivity contribution is -0.116. The van der Waals surface area contributed by atoms with Gasteiger partial charge in [0.05, 0.1) is 18.5 Å². The van der Waals surface area contributed by atoms with Crippen LogP contribution in [0.2, 0.25) is 0 Å². The molecule has 142 valence electrons. The molecular formula is C19H21N3O3S2. The first-order chi connectivity index (χ1) is 13.0. The maximum Gasteiger partial charge on any atom is 0.413 e. The molecule has 0 spiro atoms. The molecular weight excluding hydrogens is 382 g/mol. The van der Waals surface area contributed by atoms with E-state index in [1.54, 1.807) is 17.8 Å². The molecule has 8 heteroatoms. The van der Waals surface area contributed by atoms with E-state index in [0.717, 1.165) is 16.2 Å². The summed E-state index contributed by atoms with van der Waals surface area (Å²) in [5, 5.41) is 8.26. The number of amides is 2. The molecule has 0 aliphatic carbocycles. The van der Waals surface area contributed by atoms with Gasteiger partial charge in [0.2, 0.25) is 5.91 Å². The molecule has 0 atom stereocenters. The lowest BCUT2D eigenvalue weighted by Crippen LogP contribution is -2.34. The predicted octanol–water partition coefficient (Wildman–Crippen LogP) is 4.63. The summed E-state index contributed by atoms with van der Waals surface area (Å²) >= 11 is 6.68. The van der Waals surface area contributed by atoms with Crippen LogP contribution in [0.15, 0.2) is 58.3 Å². The van der Waals surface area contributed by atoms with Gasteiger partial charge in [-0.3, -0.25) is 10.1 Å². The van der Waals surface area contributed by atoms with E-state index in [1.165, 1.54) is 7.11 Å². The van der Waals surface area contributed by atoms with Crippen molar-refractivity contribution in [2.24, 2.45) is 0 Å². The number of ether oxygens (including phenoxy) is 1. The fourth-order valence-electron chi connectivity index (χ4n) is 2.16. The summed E-state index contributed by atoms with van der Waals surface area (Å²) in [6, 6.07) is 15.5. The number of hydrogen-bond donors (Lipinski definition) is 3. The Bertz CT molecular complexity index is 813. The molecule has 0 aromatic heterocycles. The second-order valence-electron chi connectivity index (χ2n) is 5.49. The maximum atomic E-state index is 12.1. The Morgan fingerprint density at radius 1 is 1.04 bits per heavy atom. The summed E-state index contributed by atoms with van der Waals surface area (Å²) in [6.07, 6.45) is 0.496. The van der Waals surface area contributed by atoms with Gasteiger partial charge >= 0.3 is 6.09 Å². The molecule has 0 saturated carbocycles. The van der Waals surface area contributed by atoms with Crippen molar-refractivity contribution in [1.82, 2.24) is 5.32 Å². The van der Waals surface area contributed by atoms with Gasteiger partial charge in [-0.05, 0) is 49.0 Å². The van der Waals surface area contributed by atoms with Crippen LogP contribution in [0.1, 0.15) is 19.8 Å². The smallest absolute Gasteiger partial charge is 0.413 e. The van der Waals surface area contributed by atoms with E-state index in [0.29, 0.717) is 17.8 Å². The van der Waals surface area contributed by atoms with Gasteiger partial charge in [-0.25, -0.2) is 4.79 Å². The minimum absolute atomic E-state index is 0.0799. The highest BCUT2D eigenvalue weighted by Gasteiger charge is 2.11. The molecule has 2 rings (SSSR count). The highest BCUT2D eigenvalue weighted by Crippen LogP contribution is 2.33. The number of benzene rings is 2. The van der Waals surface area contributed by atoms with Crippen molar-refractivity contribution >= 4 is 52.5 Å². The van der Waals surface area contributed by atoms with Crippen molar-refractivity contribution < 1.29 is 14.3 Å². The van der Waals surface area contributed by atoms with Crippen molar-refractivity contribution in [3.05, 3.63) is 48.5 Å². The van der Waals surface area contributed by atoms with Gasteiger partial charge in [0.15, 0.2) is 5.11 Å². The van der Waals surface area contributed by atoms with Gasteiger partial charge in [-0.15, -0.1) is 0 Å². The molecule has 0 saturated heterocycles. The van der Waals surface area contributed by atoms with Gasteiger partial charge in [-0.1, -0.05) is 36.9 Å². The van der Waals surface area contributed by atoms with E-state index < -0.39 is 6.09 Å². The van der Waals surface area contributed by atoms with Crippen molar-refractivity contribution in [2.45, 2.75) is 29.6 Å². The quantitative estimate of drug-likeness (QED) is 0.611. The third-order valence-electron chi connectivity index (χ3n) is 3.37. The van der Waals surface area contributed by atoms with Crippen LogP contribution in [-0.4, -0.2) is 24.2 Å². The first kappa shape index (κ1) is 20.7. The Hall–Kier alpha value is -2.58. The second-order valence-corrected chi connectivity index (χ2v) is 7.05. The van der Waals surface area contributed by atoms with E-state index >= 15 is 0 Å². The number of methoxy groups -OCH3 is 1. The van der Waals surface area contributed by atoms with Crippen LogP contribution in [-0.2, 0) is 9.53 Å². The number of hydrogen-bond acceptors (Lipinski definition) is 5. The van der Waals surface area contributed by atoms with E-state index in [4.69, 9.17) is 12.2 Å². The van der Waals surface area contributed by atoms with Gasteiger partial charge in [0.25, 0.3) is 0 Å². The zero-order valence-electron chi connectivity index (χ0n) is 15.1. The average molecular weight is 404 g/mol. The molecule has 0 bridgehead atoms. The van der Waals surface area contributed by atoms with Gasteiger partial charge in [0.1, 0.15) is 0 Å². The highest BCUT2D eigenvalue weighted by atomic mass is 32.2. The lowest BCUT2D eigenvalue weighted by Gasteiger charge is -2.15. The number of nitrogens with one attached hydrogen (secondary N) is 3. The second kappa shape index (κ2) is 10.5. The molecule has 2 aromatic carbocycles. The third-order valence-corrected chi connectivity index (χ3v) is 4.57. The number of anilines is 2. The molecule has 27 heavy (non-hydrogen) atoms. The minimum Gasteiger partial charge on any atom is -0.453 e. The molecule has 0 heterocycles. The number of thiocarbonyl (C=S) groups is 1. The monoisotopic (exact) mass is 403 g/mol. The number of rotatable bonds is 6. The Labute approximate surface area is 168 Å². The molecule has 2 aromatic rings. The fraction of sp³-hybridized carbons (Fsp3) is 0.211. The summed E-state index contributed by atoms with van der Waals surface area (Å²) in [5.41, 5.74) is 1.17. The zero-order chi connectivity index (χ0) is 19.6. The average Bonchev–Trinajstić information content (AvgIpc) is 2.64. The van der Waals surface area contributed by atoms with Crippen LogP contribution >= 0.6 is 24.0 Å². The molecule has 3 N–H and O–H groups in total. The molecule has 6 nitrogen and oxygen atoms in total. The van der Waals surface area contributed by atoms with Gasteiger partial charge < -0.3 is 15.4 Å². The van der Waals surface area contributed by atoms with Crippen LogP contribution in [0.5, 0.6) is 0 Å². The molecule has 0 aliphatic heterocycles. The summed E-state index contributed by atoms with van der Waals surface area (Å²) in [5.74, 6) is -0.0887. The Balaban J connectivity index is 2.21. The number of alkyl carbamates (subject to hydrolysis) is 1. The predicted molar refractivity (Wildman–Crippen MR) is 112 cm³/mol. The highest BCUT2D eigenvalue weighted by molar-refractivity contribution is 7.99. The van der Waals surface area contributed by atoms with Gasteiger partial charge in [-0.2, -0.15) is 0 Å². The van der Waals surface area contributed by atoms with Crippen molar-refractivity contribution in [1.29, 1.82) is 0 Å². The van der Waals surface area contributed by atoms with Crippen molar-refractivity contribution in [3.63, 3.8) is 0 Å². The van der Waals surface area contributed by atoms with Crippen LogP contribution in [0, 0.1) is 0 Å². The minimum atomic E-state index is -0.666. The standard InChI is InChI=1S/C19H21N3O3S2/c1-3-7-17(23)20-16-12-14(27-13-8-5-4-6-9-13)10-11-15(16)21-18(26)22-19(24)25-2/h4-6,8-12H,3,7H2,1-2H3,(H,20,23)(H2,21,22,24,26). The molecule has 2 amide bonds. The Kier molecular flexibility index (Phi) is 8.09. The van der Waals surface area contributed by atoms with Crippen LogP contribution in [0.4, 0.5) is 16.2 Å². The molecule has 0 fully saturated rings. The van der Waals surface area contributed by atoms with E-state index in [-0.39, 0.29) is 11.0 Å². The Morgan fingerprint density at radius 3 is 2.44 bits per heavy atom. The molecule has 0 unspecified atom stereocenters. The number of carbonyl (C=O) groups excluding carboxylic acids is 2. The largest absolute Gasteiger partial charge is 0.453 e. The topological polar surface area (TPSA) is 79.5 Å². The molecule has 0 radical (unpaired) electrons. The first-order valence-corrected chi connectivity index (χ1v) is 9.57. The summed E-state index contributed by atoms with van der Waals surface area (Å²) in [6.45, 7) is 1.94. The first-order valence-electron chi connectivity index (χ1n) is 8.34. The van der Waals surface area contributed by atoms with E-state index in [2.05, 4.69) is 20.7 Å². The summed E-state index contributed by atoms with van der Waals surface area (Å²) in [7, 11) is 1.25. The van der Waals surface area contributed by atoms with Crippen LogP contribution < -0.4 is 16.0 Å². The lowest BCUT2D eigenvalue weighted by atomic mass is 10.2. The maximum absolute atomic E-state index is 12.1. The Morgan fingerprint density at radius 2 is 1.78 bits per heavy atom. The van der Waals surface area contributed by atoms with E-state index in [9.17, 15) is 9.59 Å². The van der Waals surface area contributed by atoms with Crippen LogP contribution in [0.25, 0.3) is 0 Å². The zero-order valence-corrected chi connectivity index (χ0v) is 16.7. The molecule has 0 aliphatic rings. The van der Waals surface area contributed by atoms with Crippen LogP contribution in [0.3, 0.4) is 0 Å². The third kappa shape index (κ3) is 6.92. The van der Waals surface area contributed by atoms with Crippen molar-refractivity contribution in [2.75, 3.05) is 17.7 Å². The van der Waals surface area contributed by atoms with Crippen molar-refractivity contribution in [3.8, 4) is 0 Å². The van der Waals surface area contributed by atoms with Gasteiger partial charge in [0, 0.05) is 16.2 Å².